The van der Waals surface area contributed by atoms with Gasteiger partial charge in [0.15, 0.2) is 11.6 Å². The Bertz CT molecular complexity index is 772. The van der Waals surface area contributed by atoms with Gasteiger partial charge in [0.25, 0.3) is 0 Å². The molecule has 126 valence electrons. The van der Waals surface area contributed by atoms with Gasteiger partial charge in [-0.2, -0.15) is 0 Å². The van der Waals surface area contributed by atoms with Crippen molar-refractivity contribution < 1.29 is 23.8 Å². The van der Waals surface area contributed by atoms with Crippen LogP contribution in [-0.2, 0) is 0 Å². The summed E-state index contributed by atoms with van der Waals surface area (Å²) >= 11 is 0. The highest BCUT2D eigenvalue weighted by molar-refractivity contribution is 5.65. The van der Waals surface area contributed by atoms with Crippen LogP contribution >= 0.6 is 0 Å². The highest BCUT2D eigenvalue weighted by atomic mass is 19.2. The fourth-order valence-electron chi connectivity index (χ4n) is 3.13. The molecule has 0 fully saturated rings. The maximum absolute atomic E-state index is 14.3. The van der Waals surface area contributed by atoms with Crippen LogP contribution in [0.2, 0.25) is 0 Å². The molecule has 0 radical (unpaired) electrons. The normalized spacial score (nSPS) is 23.2. The Hall–Kier alpha value is -2.61. The van der Waals surface area contributed by atoms with Crippen LogP contribution in [0.5, 0.6) is 0 Å². The van der Waals surface area contributed by atoms with Crippen molar-refractivity contribution >= 4 is 6.09 Å². The molecule has 0 aliphatic heterocycles. The summed E-state index contributed by atoms with van der Waals surface area (Å²) in [5.74, 6) is -2.75. The Morgan fingerprint density at radius 1 is 1.17 bits per heavy atom. The van der Waals surface area contributed by atoms with Gasteiger partial charge in [0, 0.05) is 18.3 Å². The molecule has 0 bridgehead atoms. The molecule has 1 aromatic carbocycles. The number of carbonyl (C=O) groups is 1. The second-order valence-electron chi connectivity index (χ2n) is 5.60. The van der Waals surface area contributed by atoms with E-state index in [9.17, 15) is 18.7 Å². The molecule has 0 saturated carbocycles. The van der Waals surface area contributed by atoms with E-state index in [-0.39, 0.29) is 29.8 Å². The molecular formula is C16H15F2N3O3. The molecule has 6 nitrogen and oxygen atoms in total. The minimum Gasteiger partial charge on any atom is -0.465 e. The highest BCUT2D eigenvalue weighted by Crippen LogP contribution is 2.42. The first-order valence-electron chi connectivity index (χ1n) is 7.41. The van der Waals surface area contributed by atoms with Crippen molar-refractivity contribution in [2.24, 2.45) is 0 Å². The summed E-state index contributed by atoms with van der Waals surface area (Å²) in [6.07, 6.45) is 0.951. The molecule has 0 unspecified atom stereocenters. The SMILES string of the molecule is O=C(O)N[C@@H]1c2nccnc2[C@H](O)CC[C@H]1c1cccc(F)c1F. The summed E-state index contributed by atoms with van der Waals surface area (Å²) in [7, 11) is 0. The molecule has 3 rings (SSSR count). The molecule has 3 atom stereocenters. The lowest BCUT2D eigenvalue weighted by atomic mass is 9.86. The van der Waals surface area contributed by atoms with E-state index in [0.717, 1.165) is 6.07 Å². The van der Waals surface area contributed by atoms with Crippen LogP contribution < -0.4 is 5.32 Å². The quantitative estimate of drug-likeness (QED) is 0.734. The number of aliphatic hydroxyl groups is 1. The van der Waals surface area contributed by atoms with Crippen molar-refractivity contribution in [3.05, 3.63) is 59.2 Å². The highest BCUT2D eigenvalue weighted by Gasteiger charge is 2.36. The number of aromatic nitrogens is 2. The van der Waals surface area contributed by atoms with Gasteiger partial charge in [0.05, 0.1) is 23.5 Å². The zero-order valence-corrected chi connectivity index (χ0v) is 12.5. The molecule has 1 amide bonds. The fourth-order valence-corrected chi connectivity index (χ4v) is 3.13. The monoisotopic (exact) mass is 335 g/mol. The molecule has 0 spiro atoms. The van der Waals surface area contributed by atoms with Gasteiger partial charge in [-0.05, 0) is 24.5 Å². The first-order chi connectivity index (χ1) is 11.5. The molecule has 2 aromatic rings. The van der Waals surface area contributed by atoms with Gasteiger partial charge in [-0.25, -0.2) is 13.6 Å². The van der Waals surface area contributed by atoms with E-state index in [0.29, 0.717) is 0 Å². The van der Waals surface area contributed by atoms with E-state index in [1.54, 1.807) is 0 Å². The Labute approximate surface area is 136 Å². The smallest absolute Gasteiger partial charge is 0.405 e. The lowest BCUT2D eigenvalue weighted by molar-refractivity contribution is 0.159. The first kappa shape index (κ1) is 16.3. The van der Waals surface area contributed by atoms with E-state index in [4.69, 9.17) is 5.11 Å². The van der Waals surface area contributed by atoms with E-state index >= 15 is 0 Å². The number of benzene rings is 1. The van der Waals surface area contributed by atoms with E-state index in [2.05, 4.69) is 15.3 Å². The minimum atomic E-state index is -1.32. The lowest BCUT2D eigenvalue weighted by Crippen LogP contribution is -2.32. The molecule has 24 heavy (non-hydrogen) atoms. The van der Waals surface area contributed by atoms with E-state index in [1.165, 1.54) is 24.5 Å². The second-order valence-corrected chi connectivity index (χ2v) is 5.60. The molecule has 1 aliphatic carbocycles. The number of halogens is 2. The van der Waals surface area contributed by atoms with Crippen molar-refractivity contribution in [3.8, 4) is 0 Å². The number of rotatable bonds is 2. The summed E-state index contributed by atoms with van der Waals surface area (Å²) in [6, 6.07) is 2.83. The Balaban J connectivity index is 2.14. The maximum atomic E-state index is 14.3. The van der Waals surface area contributed by atoms with Crippen molar-refractivity contribution in [2.75, 3.05) is 0 Å². The molecule has 3 N–H and O–H groups in total. The zero-order chi connectivity index (χ0) is 17.3. The summed E-state index contributed by atoms with van der Waals surface area (Å²) in [5, 5.41) is 21.7. The number of fused-ring (bicyclic) bond motifs is 1. The average Bonchev–Trinajstić information content (AvgIpc) is 2.69. The summed E-state index contributed by atoms with van der Waals surface area (Å²) in [4.78, 5) is 19.4. The standard InChI is InChI=1S/C16H15F2N3O3/c17-10-3-1-2-8(12(10)18)9-4-5-11(22)14-15(20-7-6-19-14)13(9)21-16(23)24/h1-3,6-7,9,11,13,21-22H,4-5H2,(H,23,24)/t9-,11+,13-/m0/s1. The third-order valence-electron chi connectivity index (χ3n) is 4.18. The van der Waals surface area contributed by atoms with Gasteiger partial charge >= 0.3 is 6.09 Å². The number of nitrogens with one attached hydrogen (secondary N) is 1. The molecule has 1 heterocycles. The van der Waals surface area contributed by atoms with E-state index in [1.807, 2.05) is 0 Å². The molecular weight excluding hydrogens is 320 g/mol. The fraction of sp³-hybridized carbons (Fsp3) is 0.312. The predicted octanol–water partition coefficient (Wildman–Crippen LogP) is 2.67. The van der Waals surface area contributed by atoms with Gasteiger partial charge in [-0.15, -0.1) is 0 Å². The third-order valence-corrected chi connectivity index (χ3v) is 4.18. The average molecular weight is 335 g/mol. The van der Waals surface area contributed by atoms with Gasteiger partial charge in [0.1, 0.15) is 0 Å². The van der Waals surface area contributed by atoms with E-state index < -0.39 is 35.8 Å². The Morgan fingerprint density at radius 3 is 2.58 bits per heavy atom. The third kappa shape index (κ3) is 2.92. The second kappa shape index (κ2) is 6.48. The molecule has 8 heteroatoms. The molecule has 1 aromatic heterocycles. The Morgan fingerprint density at radius 2 is 1.88 bits per heavy atom. The van der Waals surface area contributed by atoms with Gasteiger partial charge in [0.2, 0.25) is 0 Å². The van der Waals surface area contributed by atoms with Crippen LogP contribution in [-0.4, -0.2) is 26.3 Å². The van der Waals surface area contributed by atoms with Crippen LogP contribution in [0.1, 0.15) is 47.9 Å². The minimum absolute atomic E-state index is 0.0412. The van der Waals surface area contributed by atoms with Gasteiger partial charge < -0.3 is 15.5 Å². The van der Waals surface area contributed by atoms with Crippen molar-refractivity contribution in [3.63, 3.8) is 0 Å². The zero-order valence-electron chi connectivity index (χ0n) is 12.5. The number of hydrogen-bond acceptors (Lipinski definition) is 4. The van der Waals surface area contributed by atoms with Crippen LogP contribution in [0, 0.1) is 11.6 Å². The van der Waals surface area contributed by atoms with Crippen LogP contribution in [0.4, 0.5) is 13.6 Å². The van der Waals surface area contributed by atoms with Crippen molar-refractivity contribution in [1.29, 1.82) is 0 Å². The number of hydrogen-bond donors (Lipinski definition) is 3. The Kier molecular flexibility index (Phi) is 4.39. The van der Waals surface area contributed by atoms with Crippen LogP contribution in [0.3, 0.4) is 0 Å². The van der Waals surface area contributed by atoms with Crippen LogP contribution in [0.15, 0.2) is 30.6 Å². The predicted molar refractivity (Wildman–Crippen MR) is 79.2 cm³/mol. The first-order valence-corrected chi connectivity index (χ1v) is 7.41. The number of amides is 1. The van der Waals surface area contributed by atoms with Gasteiger partial charge in [-0.3, -0.25) is 9.97 Å². The summed E-state index contributed by atoms with van der Waals surface area (Å²) in [6.45, 7) is 0. The molecule has 1 aliphatic rings. The summed E-state index contributed by atoms with van der Waals surface area (Å²) < 4.78 is 27.9. The van der Waals surface area contributed by atoms with Crippen molar-refractivity contribution in [2.45, 2.75) is 30.9 Å². The summed E-state index contributed by atoms with van der Waals surface area (Å²) in [5.41, 5.74) is 0.508. The largest absolute Gasteiger partial charge is 0.465 e. The molecule has 0 saturated heterocycles. The number of carboxylic acid groups (broad SMARTS) is 1. The maximum Gasteiger partial charge on any atom is 0.405 e. The topological polar surface area (TPSA) is 95.3 Å². The lowest BCUT2D eigenvalue weighted by Gasteiger charge is -2.26. The van der Waals surface area contributed by atoms with Crippen LogP contribution in [0.25, 0.3) is 0 Å². The number of aliphatic hydroxyl groups excluding tert-OH is 1. The number of nitrogens with zero attached hydrogens (tertiary/aromatic N) is 2. The van der Waals surface area contributed by atoms with Crippen molar-refractivity contribution in [1.82, 2.24) is 15.3 Å². The van der Waals surface area contributed by atoms with Gasteiger partial charge in [-0.1, -0.05) is 12.1 Å².